The molecule has 0 aromatic rings. The summed E-state index contributed by atoms with van der Waals surface area (Å²) in [5, 5.41) is 20.3. The molecule has 4 rings (SSSR count). The van der Waals surface area contributed by atoms with Gasteiger partial charge in [-0.15, -0.1) is 0 Å². The van der Waals surface area contributed by atoms with E-state index in [1.54, 1.807) is 5.57 Å². The van der Waals surface area contributed by atoms with Crippen LogP contribution in [0.1, 0.15) is 78.6 Å². The molecule has 0 aromatic carbocycles. The molecule has 0 aromatic heterocycles. The van der Waals surface area contributed by atoms with Crippen molar-refractivity contribution in [1.82, 2.24) is 4.90 Å². The lowest BCUT2D eigenvalue weighted by Crippen LogP contribution is -2.39. The zero-order valence-corrected chi connectivity index (χ0v) is 20.2. The number of likely N-dealkylation sites (tertiary alicyclic amines) is 1. The second-order valence-electron chi connectivity index (χ2n) is 11.5. The van der Waals surface area contributed by atoms with Gasteiger partial charge in [0.15, 0.2) is 0 Å². The first-order valence-electron chi connectivity index (χ1n) is 13.0. The molecule has 3 aliphatic carbocycles. The highest BCUT2D eigenvalue weighted by Gasteiger charge is 2.50. The Morgan fingerprint density at radius 2 is 1.90 bits per heavy atom. The smallest absolute Gasteiger partial charge is 0.0809 e. The van der Waals surface area contributed by atoms with E-state index in [9.17, 15) is 10.2 Å². The molecule has 4 aliphatic rings. The minimum atomic E-state index is -0.598. The fraction of sp³-hybridized carbons (Fsp3) is 0.786. The molecule has 174 valence electrons. The van der Waals surface area contributed by atoms with E-state index >= 15 is 0 Å². The van der Waals surface area contributed by atoms with Crippen molar-refractivity contribution in [2.75, 3.05) is 19.6 Å². The highest BCUT2D eigenvalue weighted by Crippen LogP contribution is 2.59. The molecule has 0 unspecified atom stereocenters. The Morgan fingerprint density at radius 3 is 2.58 bits per heavy atom. The third-order valence-electron chi connectivity index (χ3n) is 9.52. The van der Waals surface area contributed by atoms with Crippen LogP contribution in [0, 0.1) is 29.1 Å². The lowest BCUT2D eigenvalue weighted by Gasteiger charge is -2.45. The SMILES string of the molecule is C=C1[C@H](O)CC(=C/C=C2\CCC[C@]3(C)[C@@H]([C@H](C)CN4CC[C@@H](CC)C4)CC[C@@H]23)C[C@H]1O. The highest BCUT2D eigenvalue weighted by molar-refractivity contribution is 5.29. The Labute approximate surface area is 190 Å². The van der Waals surface area contributed by atoms with E-state index in [4.69, 9.17) is 0 Å². The fourth-order valence-corrected chi connectivity index (χ4v) is 7.59. The van der Waals surface area contributed by atoms with E-state index in [1.807, 2.05) is 0 Å². The molecule has 1 heterocycles. The molecule has 0 spiro atoms. The van der Waals surface area contributed by atoms with Crippen LogP contribution >= 0.6 is 0 Å². The number of hydrogen-bond acceptors (Lipinski definition) is 3. The molecule has 0 radical (unpaired) electrons. The first kappa shape index (κ1) is 23.3. The summed E-state index contributed by atoms with van der Waals surface area (Å²) in [5.74, 6) is 3.24. The molecular formula is C28H45NO2. The van der Waals surface area contributed by atoms with Crippen molar-refractivity contribution in [2.24, 2.45) is 29.1 Å². The third-order valence-corrected chi connectivity index (χ3v) is 9.52. The largest absolute Gasteiger partial charge is 0.388 e. The van der Waals surface area contributed by atoms with Gasteiger partial charge in [-0.2, -0.15) is 0 Å². The van der Waals surface area contributed by atoms with Crippen LogP contribution in [0.4, 0.5) is 0 Å². The predicted molar refractivity (Wildman–Crippen MR) is 129 cm³/mol. The second kappa shape index (κ2) is 9.53. The van der Waals surface area contributed by atoms with Crippen LogP contribution in [-0.4, -0.2) is 47.0 Å². The van der Waals surface area contributed by atoms with Crippen LogP contribution in [0.25, 0.3) is 0 Å². The quantitative estimate of drug-likeness (QED) is 0.570. The van der Waals surface area contributed by atoms with Gasteiger partial charge in [-0.3, -0.25) is 0 Å². The topological polar surface area (TPSA) is 43.7 Å². The standard InChI is InChI=1S/C28H45NO2/c1-5-21-12-14-29(18-21)17-19(2)24-10-11-25-23(7-6-13-28(24,25)4)9-8-22-15-26(30)20(3)27(31)16-22/h8-9,19,21,24-27,30-31H,3,5-7,10-18H2,1-2,4H3/b23-9+/t19-,21-,24-,25+,26-,27-,28-/m1/s1. The molecule has 2 N–H and O–H groups in total. The molecule has 31 heavy (non-hydrogen) atoms. The van der Waals surface area contributed by atoms with Crippen molar-refractivity contribution >= 4 is 0 Å². The lowest BCUT2D eigenvalue weighted by atomic mass is 9.61. The van der Waals surface area contributed by atoms with Gasteiger partial charge in [0.1, 0.15) is 0 Å². The van der Waals surface area contributed by atoms with Crippen LogP contribution < -0.4 is 0 Å². The Bertz CT molecular complexity index is 709. The fourth-order valence-electron chi connectivity index (χ4n) is 7.59. The molecule has 3 heteroatoms. The number of allylic oxidation sites excluding steroid dienone is 3. The average molecular weight is 428 g/mol. The van der Waals surface area contributed by atoms with Gasteiger partial charge in [-0.25, -0.2) is 0 Å². The number of fused-ring (bicyclic) bond motifs is 1. The zero-order chi connectivity index (χ0) is 22.2. The maximum Gasteiger partial charge on any atom is 0.0809 e. The van der Waals surface area contributed by atoms with Crippen molar-refractivity contribution in [3.05, 3.63) is 35.5 Å². The van der Waals surface area contributed by atoms with Gasteiger partial charge in [0.05, 0.1) is 12.2 Å². The normalized spacial score (nSPS) is 41.6. The molecule has 1 saturated heterocycles. The summed E-state index contributed by atoms with van der Waals surface area (Å²) in [6.07, 6.45) is 13.9. The summed E-state index contributed by atoms with van der Waals surface area (Å²) >= 11 is 0. The van der Waals surface area contributed by atoms with E-state index in [0.29, 0.717) is 29.7 Å². The van der Waals surface area contributed by atoms with Crippen LogP contribution in [-0.2, 0) is 0 Å². The molecule has 3 nitrogen and oxygen atoms in total. The number of aliphatic hydroxyl groups excluding tert-OH is 2. The maximum atomic E-state index is 10.2. The zero-order valence-electron chi connectivity index (χ0n) is 20.2. The van der Waals surface area contributed by atoms with Crippen molar-refractivity contribution in [2.45, 2.75) is 90.8 Å². The van der Waals surface area contributed by atoms with E-state index in [0.717, 1.165) is 23.3 Å². The molecule has 0 bridgehead atoms. The summed E-state index contributed by atoms with van der Waals surface area (Å²) in [6.45, 7) is 15.2. The summed E-state index contributed by atoms with van der Waals surface area (Å²) < 4.78 is 0. The van der Waals surface area contributed by atoms with Crippen LogP contribution in [0.15, 0.2) is 35.5 Å². The van der Waals surface area contributed by atoms with E-state index in [1.165, 1.54) is 64.6 Å². The number of nitrogens with zero attached hydrogens (tertiary/aromatic N) is 1. The van der Waals surface area contributed by atoms with Gasteiger partial charge in [0.2, 0.25) is 0 Å². The van der Waals surface area contributed by atoms with Crippen LogP contribution in [0.5, 0.6) is 0 Å². The maximum absolute atomic E-state index is 10.2. The third kappa shape index (κ3) is 4.75. The van der Waals surface area contributed by atoms with Gasteiger partial charge in [0, 0.05) is 13.1 Å². The van der Waals surface area contributed by atoms with Gasteiger partial charge in [-0.05, 0) is 92.6 Å². The van der Waals surface area contributed by atoms with Crippen LogP contribution in [0.3, 0.4) is 0 Å². The summed E-state index contributed by atoms with van der Waals surface area (Å²) in [7, 11) is 0. The first-order chi connectivity index (χ1) is 14.8. The monoisotopic (exact) mass is 427 g/mol. The molecule has 0 amide bonds. The van der Waals surface area contributed by atoms with E-state index in [-0.39, 0.29) is 0 Å². The Hall–Kier alpha value is -0.900. The van der Waals surface area contributed by atoms with Crippen molar-refractivity contribution in [1.29, 1.82) is 0 Å². The Balaban J connectivity index is 1.43. The van der Waals surface area contributed by atoms with Crippen LogP contribution in [0.2, 0.25) is 0 Å². The Morgan fingerprint density at radius 1 is 1.16 bits per heavy atom. The van der Waals surface area contributed by atoms with Gasteiger partial charge < -0.3 is 15.1 Å². The number of aliphatic hydroxyl groups is 2. The van der Waals surface area contributed by atoms with E-state index < -0.39 is 12.2 Å². The molecular weight excluding hydrogens is 382 g/mol. The summed E-state index contributed by atoms with van der Waals surface area (Å²) in [4.78, 5) is 2.74. The minimum Gasteiger partial charge on any atom is -0.388 e. The highest BCUT2D eigenvalue weighted by atomic mass is 16.3. The van der Waals surface area contributed by atoms with Crippen molar-refractivity contribution in [3.8, 4) is 0 Å². The predicted octanol–water partition coefficient (Wildman–Crippen LogP) is 5.50. The molecule has 7 atom stereocenters. The minimum absolute atomic E-state index is 0.436. The van der Waals surface area contributed by atoms with Gasteiger partial charge in [0.25, 0.3) is 0 Å². The summed E-state index contributed by atoms with van der Waals surface area (Å²) in [6, 6.07) is 0. The number of rotatable bonds is 5. The van der Waals surface area contributed by atoms with Gasteiger partial charge in [-0.1, -0.05) is 57.1 Å². The van der Waals surface area contributed by atoms with Crippen molar-refractivity contribution in [3.63, 3.8) is 0 Å². The lowest BCUT2D eigenvalue weighted by molar-refractivity contribution is 0.0816. The molecule has 4 fully saturated rings. The average Bonchev–Trinajstić information content (AvgIpc) is 3.33. The van der Waals surface area contributed by atoms with Gasteiger partial charge >= 0.3 is 0 Å². The van der Waals surface area contributed by atoms with Crippen molar-refractivity contribution < 1.29 is 10.2 Å². The number of hydrogen-bond donors (Lipinski definition) is 2. The molecule has 1 aliphatic heterocycles. The first-order valence-corrected chi connectivity index (χ1v) is 13.0. The van der Waals surface area contributed by atoms with E-state index in [2.05, 4.69) is 44.4 Å². The Kier molecular flexibility index (Phi) is 7.15. The summed E-state index contributed by atoms with van der Waals surface area (Å²) in [5.41, 5.74) is 3.79. The second-order valence-corrected chi connectivity index (χ2v) is 11.5. The molecule has 3 saturated carbocycles.